The first-order chi connectivity index (χ1) is 6.79. The van der Waals surface area contributed by atoms with E-state index in [4.69, 9.17) is 16.7 Å². The summed E-state index contributed by atoms with van der Waals surface area (Å²) in [6.45, 7) is -0.0272. The highest BCUT2D eigenvalue weighted by Crippen LogP contribution is 2.18. The van der Waals surface area contributed by atoms with Crippen molar-refractivity contribution >= 4 is 24.0 Å². The lowest BCUT2D eigenvalue weighted by Gasteiger charge is -1.96. The van der Waals surface area contributed by atoms with Crippen LogP contribution in [0.15, 0.2) is 30.5 Å². The van der Waals surface area contributed by atoms with Crippen molar-refractivity contribution in [3.63, 3.8) is 0 Å². The zero-order chi connectivity index (χ0) is 9.97. The number of aromatic amines is 1. The van der Waals surface area contributed by atoms with E-state index in [1.54, 1.807) is 18.3 Å². The van der Waals surface area contributed by atoms with E-state index >= 15 is 0 Å². The first-order valence-electron chi connectivity index (χ1n) is 4.20. The van der Waals surface area contributed by atoms with Gasteiger partial charge in [0.2, 0.25) is 0 Å². The van der Waals surface area contributed by atoms with Gasteiger partial charge < -0.3 is 10.1 Å². The van der Waals surface area contributed by atoms with Crippen LogP contribution in [0.1, 0.15) is 5.69 Å². The minimum atomic E-state index is -0.0272. The van der Waals surface area contributed by atoms with Gasteiger partial charge in [0.15, 0.2) is 0 Å². The van der Waals surface area contributed by atoms with Crippen molar-refractivity contribution in [2.75, 3.05) is 0 Å². The monoisotopic (exact) mass is 244 g/mol. The third-order valence-electron chi connectivity index (χ3n) is 1.92. The smallest absolute Gasteiger partial charge is 0.137 e. The Kier molecular flexibility index (Phi) is 4.15. The van der Waals surface area contributed by atoms with E-state index in [0.29, 0.717) is 10.7 Å². The van der Waals surface area contributed by atoms with E-state index in [1.807, 2.05) is 12.1 Å². The highest BCUT2D eigenvalue weighted by Gasteiger charge is 2.01. The van der Waals surface area contributed by atoms with Gasteiger partial charge in [-0.25, -0.2) is 4.98 Å². The predicted octanol–water partition coefficient (Wildman–Crippen LogP) is 2.64. The number of aromatic nitrogens is 2. The molecule has 0 aliphatic carbocycles. The van der Waals surface area contributed by atoms with E-state index in [2.05, 4.69) is 9.97 Å². The fourth-order valence-corrected chi connectivity index (χ4v) is 1.32. The fourth-order valence-electron chi connectivity index (χ4n) is 1.19. The maximum Gasteiger partial charge on any atom is 0.137 e. The summed E-state index contributed by atoms with van der Waals surface area (Å²) in [7, 11) is 0. The highest BCUT2D eigenvalue weighted by atomic mass is 35.5. The zero-order valence-corrected chi connectivity index (χ0v) is 9.35. The van der Waals surface area contributed by atoms with Crippen LogP contribution in [0, 0.1) is 0 Å². The second kappa shape index (κ2) is 5.16. The molecule has 2 aromatic rings. The van der Waals surface area contributed by atoms with Crippen molar-refractivity contribution < 1.29 is 5.11 Å². The Bertz CT molecular complexity index is 425. The molecular formula is C10H10Cl2N2O. The molecule has 0 fully saturated rings. The number of hydrogen-bond donors (Lipinski definition) is 2. The normalized spacial score (nSPS) is 9.73. The lowest BCUT2D eigenvalue weighted by molar-refractivity contribution is 0.277. The molecule has 1 aromatic heterocycles. The molecule has 1 heterocycles. The predicted molar refractivity (Wildman–Crippen MR) is 62.2 cm³/mol. The van der Waals surface area contributed by atoms with Crippen molar-refractivity contribution in [3.05, 3.63) is 41.2 Å². The number of nitrogens with one attached hydrogen (secondary N) is 1. The van der Waals surface area contributed by atoms with Crippen molar-refractivity contribution in [2.45, 2.75) is 6.61 Å². The first-order valence-corrected chi connectivity index (χ1v) is 4.58. The standard InChI is InChI=1S/C10H9ClN2O.ClH/c11-8-3-1-7(2-4-8)10-12-5-9(6-14)13-10;/h1-5,14H,6H2,(H,12,13);1H. The molecule has 2 N–H and O–H groups in total. The molecule has 0 spiro atoms. The Labute approximate surface area is 98.5 Å². The van der Waals surface area contributed by atoms with Crippen LogP contribution in [0.25, 0.3) is 11.4 Å². The Morgan fingerprint density at radius 3 is 2.47 bits per heavy atom. The van der Waals surface area contributed by atoms with Crippen LogP contribution < -0.4 is 0 Å². The van der Waals surface area contributed by atoms with Crippen LogP contribution in [0.5, 0.6) is 0 Å². The average Bonchev–Trinajstić information content (AvgIpc) is 2.67. The maximum absolute atomic E-state index is 8.85. The summed E-state index contributed by atoms with van der Waals surface area (Å²) in [6, 6.07) is 7.36. The van der Waals surface area contributed by atoms with Crippen LogP contribution in [0.2, 0.25) is 5.02 Å². The van der Waals surface area contributed by atoms with Gasteiger partial charge in [0.1, 0.15) is 5.82 Å². The largest absolute Gasteiger partial charge is 0.390 e. The SMILES string of the molecule is Cl.OCc1cnc(-c2ccc(Cl)cc2)[nH]1. The number of H-pyrrole nitrogens is 1. The van der Waals surface area contributed by atoms with Crippen molar-refractivity contribution in [3.8, 4) is 11.4 Å². The number of hydrogen-bond acceptors (Lipinski definition) is 2. The maximum atomic E-state index is 8.85. The van der Waals surface area contributed by atoms with Crippen LogP contribution >= 0.6 is 24.0 Å². The Hall–Kier alpha value is -1.03. The van der Waals surface area contributed by atoms with E-state index in [1.165, 1.54) is 0 Å². The number of imidazole rings is 1. The second-order valence-corrected chi connectivity index (χ2v) is 3.36. The minimum absolute atomic E-state index is 0. The number of nitrogens with zero attached hydrogens (tertiary/aromatic N) is 1. The third-order valence-corrected chi connectivity index (χ3v) is 2.17. The summed E-state index contributed by atoms with van der Waals surface area (Å²) in [4.78, 5) is 7.12. The van der Waals surface area contributed by atoms with E-state index in [9.17, 15) is 0 Å². The molecule has 0 aliphatic rings. The van der Waals surface area contributed by atoms with Crippen molar-refractivity contribution in [2.24, 2.45) is 0 Å². The van der Waals surface area contributed by atoms with E-state index in [0.717, 1.165) is 11.4 Å². The van der Waals surface area contributed by atoms with Crippen LogP contribution in [0.3, 0.4) is 0 Å². The first kappa shape index (κ1) is 12.0. The second-order valence-electron chi connectivity index (χ2n) is 2.92. The molecular weight excluding hydrogens is 235 g/mol. The highest BCUT2D eigenvalue weighted by molar-refractivity contribution is 6.30. The molecule has 0 saturated heterocycles. The van der Waals surface area contributed by atoms with Crippen LogP contribution in [0.4, 0.5) is 0 Å². The molecule has 0 atom stereocenters. The zero-order valence-electron chi connectivity index (χ0n) is 7.77. The topological polar surface area (TPSA) is 48.9 Å². The average molecular weight is 245 g/mol. The van der Waals surface area contributed by atoms with E-state index < -0.39 is 0 Å². The molecule has 80 valence electrons. The van der Waals surface area contributed by atoms with Crippen LogP contribution in [-0.4, -0.2) is 15.1 Å². The van der Waals surface area contributed by atoms with Gasteiger partial charge in [0.05, 0.1) is 18.5 Å². The summed E-state index contributed by atoms with van der Waals surface area (Å²) < 4.78 is 0. The Morgan fingerprint density at radius 2 is 1.93 bits per heavy atom. The lowest BCUT2D eigenvalue weighted by atomic mass is 10.2. The van der Waals surface area contributed by atoms with Crippen molar-refractivity contribution in [1.29, 1.82) is 0 Å². The molecule has 3 nitrogen and oxygen atoms in total. The number of aliphatic hydroxyl groups excluding tert-OH is 1. The van der Waals surface area contributed by atoms with Gasteiger partial charge in [0.25, 0.3) is 0 Å². The number of aliphatic hydroxyl groups is 1. The Balaban J connectivity index is 0.00000112. The molecule has 2 rings (SSSR count). The number of rotatable bonds is 2. The molecule has 0 bridgehead atoms. The number of halogens is 2. The van der Waals surface area contributed by atoms with Gasteiger partial charge in [-0.15, -0.1) is 12.4 Å². The quantitative estimate of drug-likeness (QED) is 0.854. The lowest BCUT2D eigenvalue weighted by Crippen LogP contribution is -1.83. The Morgan fingerprint density at radius 1 is 1.27 bits per heavy atom. The minimum Gasteiger partial charge on any atom is -0.390 e. The van der Waals surface area contributed by atoms with Gasteiger partial charge in [0, 0.05) is 10.6 Å². The van der Waals surface area contributed by atoms with Gasteiger partial charge in [-0.05, 0) is 24.3 Å². The molecule has 5 heteroatoms. The summed E-state index contributed by atoms with van der Waals surface area (Å²) in [5.74, 6) is 0.741. The molecule has 15 heavy (non-hydrogen) atoms. The summed E-state index contributed by atoms with van der Waals surface area (Å²) in [5, 5.41) is 9.55. The van der Waals surface area contributed by atoms with Gasteiger partial charge in [-0.2, -0.15) is 0 Å². The summed E-state index contributed by atoms with van der Waals surface area (Å²) in [5.41, 5.74) is 1.66. The molecule has 1 aromatic carbocycles. The molecule has 0 radical (unpaired) electrons. The molecule has 0 amide bonds. The van der Waals surface area contributed by atoms with Gasteiger partial charge >= 0.3 is 0 Å². The summed E-state index contributed by atoms with van der Waals surface area (Å²) >= 11 is 5.76. The van der Waals surface area contributed by atoms with Crippen LogP contribution in [-0.2, 0) is 6.61 Å². The fraction of sp³-hybridized carbons (Fsp3) is 0.100. The van der Waals surface area contributed by atoms with Gasteiger partial charge in [-0.1, -0.05) is 11.6 Å². The van der Waals surface area contributed by atoms with E-state index in [-0.39, 0.29) is 19.0 Å². The molecule has 0 saturated carbocycles. The molecule has 0 unspecified atom stereocenters. The van der Waals surface area contributed by atoms with Crippen molar-refractivity contribution in [1.82, 2.24) is 9.97 Å². The van der Waals surface area contributed by atoms with Gasteiger partial charge in [-0.3, -0.25) is 0 Å². The summed E-state index contributed by atoms with van der Waals surface area (Å²) in [6.07, 6.45) is 1.62. The number of benzene rings is 1. The molecule has 0 aliphatic heterocycles. The third kappa shape index (κ3) is 2.72.